The van der Waals surface area contributed by atoms with Crippen LogP contribution in [0.2, 0.25) is 0 Å². The fourth-order valence-electron chi connectivity index (χ4n) is 2.41. The number of nitrogens with two attached hydrogens (primary N) is 1. The Bertz CT molecular complexity index is 1020. The first-order chi connectivity index (χ1) is 11.7. The Labute approximate surface area is 137 Å². The molecule has 8 heteroatoms. The molecule has 1 aromatic carbocycles. The normalized spacial score (nSPS) is 10.9. The monoisotopic (exact) mass is 318 g/mol. The van der Waals surface area contributed by atoms with E-state index in [0.717, 1.165) is 16.6 Å². The minimum atomic E-state index is 0.372. The van der Waals surface area contributed by atoms with Crippen LogP contribution in [0, 0.1) is 6.92 Å². The average Bonchev–Trinajstić information content (AvgIpc) is 3.01. The van der Waals surface area contributed by atoms with Gasteiger partial charge in [0.2, 0.25) is 0 Å². The van der Waals surface area contributed by atoms with Crippen molar-refractivity contribution in [1.82, 2.24) is 29.9 Å². The second kappa shape index (κ2) is 5.58. The summed E-state index contributed by atoms with van der Waals surface area (Å²) in [5.74, 6) is 1.60. The molecule has 3 N–H and O–H groups in total. The van der Waals surface area contributed by atoms with E-state index in [2.05, 4.69) is 30.6 Å². The molecule has 0 unspecified atom stereocenters. The van der Waals surface area contributed by atoms with Crippen LogP contribution in [0.4, 0.5) is 17.3 Å². The molecule has 0 saturated carbocycles. The molecule has 3 heterocycles. The number of aryl methyl sites for hydroxylation is 1. The highest BCUT2D eigenvalue weighted by Crippen LogP contribution is 2.25. The van der Waals surface area contributed by atoms with Crippen LogP contribution in [-0.4, -0.2) is 29.9 Å². The Kier molecular flexibility index (Phi) is 3.27. The second-order valence-electron chi connectivity index (χ2n) is 5.29. The molecule has 0 saturated heterocycles. The zero-order valence-electron chi connectivity index (χ0n) is 12.9. The van der Waals surface area contributed by atoms with Gasteiger partial charge in [0.05, 0.1) is 5.52 Å². The number of anilines is 3. The first kappa shape index (κ1) is 14.1. The molecule has 0 aliphatic heterocycles. The van der Waals surface area contributed by atoms with Crippen LogP contribution in [0.1, 0.15) is 5.56 Å². The molecule has 0 aliphatic carbocycles. The lowest BCUT2D eigenvalue weighted by atomic mass is 10.3. The molecule has 24 heavy (non-hydrogen) atoms. The number of nitrogens with zero attached hydrogens (tertiary/aromatic N) is 6. The molecule has 118 valence electrons. The van der Waals surface area contributed by atoms with Gasteiger partial charge in [-0.15, -0.1) is 5.10 Å². The van der Waals surface area contributed by atoms with Crippen LogP contribution in [0.5, 0.6) is 0 Å². The quantitative estimate of drug-likeness (QED) is 0.596. The van der Waals surface area contributed by atoms with E-state index in [1.54, 1.807) is 10.9 Å². The predicted molar refractivity (Wildman–Crippen MR) is 91.1 cm³/mol. The largest absolute Gasteiger partial charge is 0.393 e. The van der Waals surface area contributed by atoms with Gasteiger partial charge in [-0.1, -0.05) is 17.3 Å². The van der Waals surface area contributed by atoms with E-state index >= 15 is 0 Å². The van der Waals surface area contributed by atoms with Crippen molar-refractivity contribution in [3.63, 3.8) is 0 Å². The fourth-order valence-corrected chi connectivity index (χ4v) is 2.41. The summed E-state index contributed by atoms with van der Waals surface area (Å²) in [5, 5.41) is 11.4. The number of nitrogens with one attached hydrogen (secondary N) is 1. The molecular weight excluding hydrogens is 304 g/mol. The van der Waals surface area contributed by atoms with Gasteiger partial charge in [0.25, 0.3) is 0 Å². The summed E-state index contributed by atoms with van der Waals surface area (Å²) in [6.07, 6.45) is 3.15. The Morgan fingerprint density at radius 3 is 2.83 bits per heavy atom. The molecule has 0 fully saturated rings. The summed E-state index contributed by atoms with van der Waals surface area (Å²) in [6.45, 7) is 1.99. The summed E-state index contributed by atoms with van der Waals surface area (Å²) < 4.78 is 1.60. The van der Waals surface area contributed by atoms with E-state index in [9.17, 15) is 0 Å². The Morgan fingerprint density at radius 1 is 1.08 bits per heavy atom. The van der Waals surface area contributed by atoms with Crippen molar-refractivity contribution in [2.75, 3.05) is 11.1 Å². The molecule has 8 nitrogen and oxygen atoms in total. The third-order valence-corrected chi connectivity index (χ3v) is 3.58. The van der Waals surface area contributed by atoms with Crippen molar-refractivity contribution in [3.8, 4) is 5.82 Å². The highest BCUT2D eigenvalue weighted by Gasteiger charge is 2.14. The van der Waals surface area contributed by atoms with Crippen LogP contribution in [0.15, 0.2) is 48.9 Å². The van der Waals surface area contributed by atoms with E-state index in [0.29, 0.717) is 23.1 Å². The van der Waals surface area contributed by atoms with Gasteiger partial charge in [-0.2, -0.15) is 4.68 Å². The first-order valence-electron chi connectivity index (χ1n) is 7.33. The maximum Gasteiger partial charge on any atom is 0.184 e. The minimum Gasteiger partial charge on any atom is -0.393 e. The maximum absolute atomic E-state index is 6.25. The Morgan fingerprint density at radius 2 is 1.96 bits per heavy atom. The van der Waals surface area contributed by atoms with Gasteiger partial charge in [-0.25, -0.2) is 15.0 Å². The lowest BCUT2D eigenvalue weighted by Crippen LogP contribution is -2.09. The number of rotatable bonds is 3. The molecule has 0 radical (unpaired) electrons. The van der Waals surface area contributed by atoms with Gasteiger partial charge in [-0.05, 0) is 36.8 Å². The van der Waals surface area contributed by atoms with Gasteiger partial charge in [0.1, 0.15) is 23.3 Å². The van der Waals surface area contributed by atoms with E-state index in [1.807, 2.05) is 43.3 Å². The minimum absolute atomic E-state index is 0.372. The third-order valence-electron chi connectivity index (χ3n) is 3.58. The maximum atomic E-state index is 6.25. The number of hydrogen-bond acceptors (Lipinski definition) is 7. The van der Waals surface area contributed by atoms with Crippen molar-refractivity contribution >= 4 is 28.4 Å². The molecule has 0 spiro atoms. The van der Waals surface area contributed by atoms with E-state index in [1.165, 1.54) is 6.33 Å². The standard InChI is InChI=1S/C16H14N8/c1-10-6-7-18-13(8-10)21-15-14(17)16(20-9-19-15)24-12-5-3-2-4-11(12)22-23-24/h2-9H,17H2,1H3,(H,18,19,20,21). The molecule has 3 aromatic heterocycles. The van der Waals surface area contributed by atoms with Crippen LogP contribution in [-0.2, 0) is 0 Å². The van der Waals surface area contributed by atoms with Gasteiger partial charge < -0.3 is 11.1 Å². The summed E-state index contributed by atoms with van der Waals surface area (Å²) in [4.78, 5) is 12.7. The highest BCUT2D eigenvalue weighted by atomic mass is 15.4. The SMILES string of the molecule is Cc1ccnc(Nc2ncnc(-n3nnc4ccccc43)c2N)c1. The number of benzene rings is 1. The smallest absolute Gasteiger partial charge is 0.184 e. The zero-order chi connectivity index (χ0) is 16.5. The fraction of sp³-hybridized carbons (Fsp3) is 0.0625. The van der Waals surface area contributed by atoms with Crippen LogP contribution in [0.25, 0.3) is 16.9 Å². The summed E-state index contributed by atoms with van der Waals surface area (Å²) in [7, 11) is 0. The van der Waals surface area contributed by atoms with Crippen molar-refractivity contribution in [3.05, 3.63) is 54.5 Å². The summed E-state index contributed by atoms with van der Waals surface area (Å²) in [6, 6.07) is 11.4. The molecule has 0 atom stereocenters. The van der Waals surface area contributed by atoms with Crippen molar-refractivity contribution in [2.45, 2.75) is 6.92 Å². The van der Waals surface area contributed by atoms with Gasteiger partial charge in [-0.3, -0.25) is 0 Å². The first-order valence-corrected chi connectivity index (χ1v) is 7.33. The van der Waals surface area contributed by atoms with E-state index in [4.69, 9.17) is 5.73 Å². The lowest BCUT2D eigenvalue weighted by Gasteiger charge is -2.11. The molecule has 4 aromatic rings. The van der Waals surface area contributed by atoms with E-state index in [-0.39, 0.29) is 0 Å². The van der Waals surface area contributed by atoms with Crippen molar-refractivity contribution in [1.29, 1.82) is 0 Å². The second-order valence-corrected chi connectivity index (χ2v) is 5.29. The zero-order valence-corrected chi connectivity index (χ0v) is 12.9. The Hall–Kier alpha value is -3.55. The molecule has 0 aliphatic rings. The van der Waals surface area contributed by atoms with Crippen LogP contribution in [0.3, 0.4) is 0 Å². The predicted octanol–water partition coefficient (Wildman–Crippen LogP) is 2.24. The number of nitrogen functional groups attached to an aromatic ring is 1. The molecule has 0 amide bonds. The molecule has 0 bridgehead atoms. The van der Waals surface area contributed by atoms with Crippen molar-refractivity contribution < 1.29 is 0 Å². The number of pyridine rings is 1. The summed E-state index contributed by atoms with van der Waals surface area (Å²) >= 11 is 0. The highest BCUT2D eigenvalue weighted by molar-refractivity contribution is 5.79. The van der Waals surface area contributed by atoms with Gasteiger partial charge in [0.15, 0.2) is 11.6 Å². The number of para-hydroxylation sites is 1. The summed E-state index contributed by atoms with van der Waals surface area (Å²) in [5.41, 5.74) is 9.30. The van der Waals surface area contributed by atoms with Gasteiger partial charge in [0, 0.05) is 6.20 Å². The number of aromatic nitrogens is 6. The topological polar surface area (TPSA) is 107 Å². The number of hydrogen-bond donors (Lipinski definition) is 2. The molecular formula is C16H14N8. The van der Waals surface area contributed by atoms with E-state index < -0.39 is 0 Å². The average molecular weight is 318 g/mol. The molecule has 4 rings (SSSR count). The van der Waals surface area contributed by atoms with Crippen LogP contribution >= 0.6 is 0 Å². The van der Waals surface area contributed by atoms with Crippen LogP contribution < -0.4 is 11.1 Å². The van der Waals surface area contributed by atoms with Crippen molar-refractivity contribution in [2.24, 2.45) is 0 Å². The lowest BCUT2D eigenvalue weighted by molar-refractivity contribution is 0.800. The Balaban J connectivity index is 1.78. The van der Waals surface area contributed by atoms with Gasteiger partial charge >= 0.3 is 0 Å². The third kappa shape index (κ3) is 2.39. The number of fused-ring (bicyclic) bond motifs is 1.